The van der Waals surface area contributed by atoms with Gasteiger partial charge in [-0.15, -0.1) is 10.2 Å². The molecule has 0 radical (unpaired) electrons. The van der Waals surface area contributed by atoms with Crippen LogP contribution in [0.15, 0.2) is 16.5 Å². The summed E-state index contributed by atoms with van der Waals surface area (Å²) in [6, 6.07) is 0.378. The molecule has 31 heavy (non-hydrogen) atoms. The molecule has 0 bridgehead atoms. The summed E-state index contributed by atoms with van der Waals surface area (Å²) in [7, 11) is 0. The van der Waals surface area contributed by atoms with Gasteiger partial charge in [0.2, 0.25) is 11.8 Å². The van der Waals surface area contributed by atoms with E-state index in [4.69, 9.17) is 10.2 Å². The first-order valence-electron chi connectivity index (χ1n) is 9.97. The maximum absolute atomic E-state index is 14.7. The van der Waals surface area contributed by atoms with Crippen LogP contribution in [0.1, 0.15) is 69.4 Å². The van der Waals surface area contributed by atoms with Crippen LogP contribution in [-0.2, 0) is 10.7 Å². The Morgan fingerprint density at radius 3 is 2.35 bits per heavy atom. The summed E-state index contributed by atoms with van der Waals surface area (Å²) in [6.45, 7) is 5.50. The van der Waals surface area contributed by atoms with E-state index >= 15 is 0 Å². The summed E-state index contributed by atoms with van der Waals surface area (Å²) < 4.78 is 76.8. The van der Waals surface area contributed by atoms with Gasteiger partial charge in [-0.2, -0.15) is 0 Å². The summed E-state index contributed by atoms with van der Waals surface area (Å²) in [5, 5.41) is 7.49. The number of carbonyl (C=O) groups is 1. The first-order valence-corrected chi connectivity index (χ1v) is 9.97. The molecule has 0 saturated heterocycles. The fourth-order valence-corrected chi connectivity index (χ4v) is 3.19. The Kier molecular flexibility index (Phi) is 7.57. The van der Waals surface area contributed by atoms with Crippen LogP contribution >= 0.6 is 0 Å². The molecule has 2 rings (SSSR count). The Hall–Kier alpha value is -2.36. The van der Waals surface area contributed by atoms with Crippen molar-refractivity contribution >= 4 is 5.78 Å². The lowest BCUT2D eigenvalue weighted by molar-refractivity contribution is -0.121. The fourth-order valence-electron chi connectivity index (χ4n) is 3.19. The SMILES string of the molecule is CCC(CC(F)(F)CC)c1nnc(-c2cc(C)c(C(F)(F)CC(N)C(C)=O)cc2F)o1. The zero-order chi connectivity index (χ0) is 23.6. The third-order valence-corrected chi connectivity index (χ3v) is 5.28. The number of ketones is 1. The zero-order valence-electron chi connectivity index (χ0n) is 17.8. The minimum absolute atomic E-state index is 0.0291. The van der Waals surface area contributed by atoms with Gasteiger partial charge in [-0.3, -0.25) is 4.79 Å². The number of benzene rings is 1. The molecular formula is C21H26F5N3O2. The number of carbonyl (C=O) groups excluding carboxylic acids is 1. The van der Waals surface area contributed by atoms with Crippen LogP contribution in [0.2, 0.25) is 0 Å². The van der Waals surface area contributed by atoms with Gasteiger partial charge in [-0.1, -0.05) is 13.8 Å². The van der Waals surface area contributed by atoms with Crippen molar-refractivity contribution in [2.45, 2.75) is 77.2 Å². The quantitative estimate of drug-likeness (QED) is 0.486. The Morgan fingerprint density at radius 1 is 1.16 bits per heavy atom. The van der Waals surface area contributed by atoms with Crippen LogP contribution in [-0.4, -0.2) is 27.9 Å². The van der Waals surface area contributed by atoms with Gasteiger partial charge in [0.1, 0.15) is 11.6 Å². The molecule has 5 nitrogen and oxygen atoms in total. The molecule has 0 amide bonds. The maximum Gasteiger partial charge on any atom is 0.275 e. The van der Waals surface area contributed by atoms with E-state index in [-0.39, 0.29) is 29.3 Å². The number of alkyl halides is 4. The number of Topliss-reactive ketones (excluding diaryl/α,β-unsaturated/α-hetero) is 1. The van der Waals surface area contributed by atoms with Crippen LogP contribution in [0, 0.1) is 12.7 Å². The molecule has 10 heteroatoms. The minimum Gasteiger partial charge on any atom is -0.420 e. The predicted octanol–water partition coefficient (Wildman–Crippen LogP) is 5.51. The number of aromatic nitrogens is 2. The number of nitrogens with two attached hydrogens (primary N) is 1. The molecule has 2 N–H and O–H groups in total. The van der Waals surface area contributed by atoms with Crippen molar-refractivity contribution in [3.63, 3.8) is 0 Å². The fraction of sp³-hybridized carbons (Fsp3) is 0.571. The second-order valence-corrected chi connectivity index (χ2v) is 7.74. The van der Waals surface area contributed by atoms with Gasteiger partial charge < -0.3 is 10.2 Å². The van der Waals surface area contributed by atoms with Gasteiger partial charge >= 0.3 is 0 Å². The maximum atomic E-state index is 14.7. The second-order valence-electron chi connectivity index (χ2n) is 7.74. The highest BCUT2D eigenvalue weighted by Gasteiger charge is 2.38. The molecule has 0 aliphatic heterocycles. The largest absolute Gasteiger partial charge is 0.420 e. The predicted molar refractivity (Wildman–Crippen MR) is 104 cm³/mol. The van der Waals surface area contributed by atoms with Gasteiger partial charge in [-0.05, 0) is 38.0 Å². The van der Waals surface area contributed by atoms with E-state index in [9.17, 15) is 26.7 Å². The Morgan fingerprint density at radius 2 is 1.81 bits per heavy atom. The smallest absolute Gasteiger partial charge is 0.275 e. The second kappa shape index (κ2) is 9.42. The van der Waals surface area contributed by atoms with Gasteiger partial charge in [0, 0.05) is 30.7 Å². The van der Waals surface area contributed by atoms with Gasteiger partial charge in [-0.25, -0.2) is 22.0 Å². The Bertz CT molecular complexity index is 930. The normalized spacial score (nSPS) is 14.5. The molecule has 0 aliphatic rings. The number of halogens is 5. The lowest BCUT2D eigenvalue weighted by Gasteiger charge is -2.22. The molecule has 172 valence electrons. The monoisotopic (exact) mass is 447 g/mol. The summed E-state index contributed by atoms with van der Waals surface area (Å²) in [6.07, 6.45) is -1.50. The molecule has 2 aromatic rings. The average Bonchev–Trinajstić information content (AvgIpc) is 3.16. The molecule has 1 heterocycles. The number of hydrogen-bond donors (Lipinski definition) is 1. The van der Waals surface area contributed by atoms with Crippen molar-refractivity contribution in [1.29, 1.82) is 0 Å². The molecule has 2 atom stereocenters. The first kappa shape index (κ1) is 24.9. The highest BCUT2D eigenvalue weighted by molar-refractivity contribution is 5.81. The standard InChI is InChI=1S/C21H26F5N3O2/c1-5-13(9-20(23,24)6-2)18-28-29-19(31-18)14-7-11(3)15(8-16(14)22)21(25,26)10-17(27)12(4)30/h7-8,13,17H,5-6,9-10,27H2,1-4H3. The molecule has 2 unspecified atom stereocenters. The lowest BCUT2D eigenvalue weighted by atomic mass is 9.94. The highest BCUT2D eigenvalue weighted by Crippen LogP contribution is 2.39. The van der Waals surface area contributed by atoms with Crippen molar-refractivity contribution in [3.05, 3.63) is 35.0 Å². The van der Waals surface area contributed by atoms with E-state index in [1.807, 2.05) is 0 Å². The summed E-state index contributed by atoms with van der Waals surface area (Å²) in [5.41, 5.74) is 4.64. The Labute approximate surface area is 177 Å². The minimum atomic E-state index is -3.53. The molecular weight excluding hydrogens is 421 g/mol. The third kappa shape index (κ3) is 5.87. The first-order chi connectivity index (χ1) is 14.3. The van der Waals surface area contributed by atoms with Crippen molar-refractivity contribution in [2.75, 3.05) is 0 Å². The van der Waals surface area contributed by atoms with Crippen LogP contribution < -0.4 is 5.73 Å². The molecule has 0 fully saturated rings. The number of rotatable bonds is 10. The van der Waals surface area contributed by atoms with Crippen LogP contribution in [0.25, 0.3) is 11.5 Å². The highest BCUT2D eigenvalue weighted by atomic mass is 19.3. The van der Waals surface area contributed by atoms with Gasteiger partial charge in [0.05, 0.1) is 11.6 Å². The zero-order valence-corrected chi connectivity index (χ0v) is 17.8. The van der Waals surface area contributed by atoms with E-state index in [0.29, 0.717) is 12.5 Å². The third-order valence-electron chi connectivity index (χ3n) is 5.28. The van der Waals surface area contributed by atoms with E-state index in [0.717, 1.165) is 13.0 Å². The number of aryl methyl sites for hydroxylation is 1. The van der Waals surface area contributed by atoms with Crippen molar-refractivity contribution in [1.82, 2.24) is 10.2 Å². The summed E-state index contributed by atoms with van der Waals surface area (Å²) in [5.74, 6) is -9.17. The van der Waals surface area contributed by atoms with Gasteiger partial charge in [0.25, 0.3) is 11.8 Å². The van der Waals surface area contributed by atoms with E-state index in [2.05, 4.69) is 10.2 Å². The van der Waals surface area contributed by atoms with Crippen molar-refractivity contribution in [2.24, 2.45) is 5.73 Å². The Balaban J connectivity index is 2.35. The van der Waals surface area contributed by atoms with Crippen LogP contribution in [0.5, 0.6) is 0 Å². The van der Waals surface area contributed by atoms with Crippen LogP contribution in [0.3, 0.4) is 0 Å². The molecule has 0 saturated carbocycles. The van der Waals surface area contributed by atoms with Crippen LogP contribution in [0.4, 0.5) is 22.0 Å². The molecule has 0 aliphatic carbocycles. The topological polar surface area (TPSA) is 82.0 Å². The van der Waals surface area contributed by atoms with E-state index in [1.54, 1.807) is 6.92 Å². The number of hydrogen-bond acceptors (Lipinski definition) is 5. The number of nitrogens with zero attached hydrogens (tertiary/aromatic N) is 2. The average molecular weight is 447 g/mol. The molecule has 0 spiro atoms. The van der Waals surface area contributed by atoms with Crippen molar-refractivity contribution in [3.8, 4) is 11.5 Å². The summed E-state index contributed by atoms with van der Waals surface area (Å²) in [4.78, 5) is 11.2. The summed E-state index contributed by atoms with van der Waals surface area (Å²) >= 11 is 0. The van der Waals surface area contributed by atoms with Crippen molar-refractivity contribution < 1.29 is 31.2 Å². The van der Waals surface area contributed by atoms with E-state index in [1.165, 1.54) is 13.8 Å². The van der Waals surface area contributed by atoms with E-state index < -0.39 is 53.8 Å². The lowest BCUT2D eigenvalue weighted by Crippen LogP contribution is -2.34. The van der Waals surface area contributed by atoms with Gasteiger partial charge in [0.15, 0.2) is 0 Å². The molecule has 1 aromatic carbocycles. The molecule has 1 aromatic heterocycles.